The van der Waals surface area contributed by atoms with Gasteiger partial charge >= 0.3 is 0 Å². The van der Waals surface area contributed by atoms with Gasteiger partial charge in [0.25, 0.3) is 0 Å². The predicted molar refractivity (Wildman–Crippen MR) is 198 cm³/mol. The monoisotopic (exact) mass is 612 g/mol. The SMILES string of the molecule is c1ccc(-c2cc(-c3cccc(-n4c5cccc6ccc7cc8c(ccn8-c8ccccc8)c4c7c65)c3)nc(-c3ccccc3)n2)cc1. The molecule has 7 aromatic carbocycles. The molecule has 0 saturated heterocycles. The van der Waals surface area contributed by atoms with E-state index in [2.05, 4.69) is 155 Å². The van der Waals surface area contributed by atoms with E-state index in [4.69, 9.17) is 9.97 Å². The Morgan fingerprint density at radius 1 is 0.417 bits per heavy atom. The number of hydrogen-bond donors (Lipinski definition) is 0. The molecule has 3 aromatic heterocycles. The van der Waals surface area contributed by atoms with Crippen molar-refractivity contribution >= 4 is 43.5 Å². The first-order valence-electron chi connectivity index (χ1n) is 16.3. The zero-order chi connectivity index (χ0) is 31.6. The van der Waals surface area contributed by atoms with Crippen LogP contribution in [0.25, 0.3) is 88.8 Å². The molecule has 224 valence electrons. The lowest BCUT2D eigenvalue weighted by molar-refractivity contribution is 1.13. The van der Waals surface area contributed by atoms with Crippen LogP contribution in [-0.4, -0.2) is 19.1 Å². The summed E-state index contributed by atoms with van der Waals surface area (Å²) < 4.78 is 4.74. The molecule has 0 spiro atoms. The van der Waals surface area contributed by atoms with Crippen molar-refractivity contribution in [3.8, 4) is 45.3 Å². The molecule has 0 atom stereocenters. The zero-order valence-electron chi connectivity index (χ0n) is 26.0. The van der Waals surface area contributed by atoms with Gasteiger partial charge in [0.15, 0.2) is 5.82 Å². The molecule has 0 aliphatic rings. The average molecular weight is 613 g/mol. The van der Waals surface area contributed by atoms with E-state index in [-0.39, 0.29) is 0 Å². The third kappa shape index (κ3) is 4.10. The number of benzene rings is 7. The van der Waals surface area contributed by atoms with Gasteiger partial charge in [0.05, 0.1) is 27.9 Å². The van der Waals surface area contributed by atoms with Crippen molar-refractivity contribution in [1.29, 1.82) is 0 Å². The predicted octanol–water partition coefficient (Wildman–Crippen LogP) is 11.1. The molecule has 4 nitrogen and oxygen atoms in total. The molecule has 0 saturated carbocycles. The minimum absolute atomic E-state index is 0.712. The molecule has 0 aliphatic heterocycles. The van der Waals surface area contributed by atoms with Crippen molar-refractivity contribution in [2.75, 3.05) is 0 Å². The Balaban J connectivity index is 1.23. The number of nitrogens with zero attached hydrogens (tertiary/aromatic N) is 4. The van der Waals surface area contributed by atoms with Gasteiger partial charge in [0.2, 0.25) is 0 Å². The normalized spacial score (nSPS) is 11.8. The van der Waals surface area contributed by atoms with Crippen LogP contribution in [0, 0.1) is 0 Å². The molecule has 0 fully saturated rings. The maximum Gasteiger partial charge on any atom is 0.160 e. The van der Waals surface area contributed by atoms with Crippen LogP contribution in [0.5, 0.6) is 0 Å². The molecule has 10 aromatic rings. The van der Waals surface area contributed by atoms with Gasteiger partial charge in [-0.3, -0.25) is 0 Å². The lowest BCUT2D eigenvalue weighted by atomic mass is 10.0. The van der Waals surface area contributed by atoms with Gasteiger partial charge in [-0.15, -0.1) is 0 Å². The second kappa shape index (κ2) is 10.5. The summed E-state index contributed by atoms with van der Waals surface area (Å²) in [5, 5.41) is 6.30. The van der Waals surface area contributed by atoms with Crippen LogP contribution in [0.15, 0.2) is 170 Å². The molecule has 4 heteroatoms. The summed E-state index contributed by atoms with van der Waals surface area (Å²) in [6, 6.07) is 57.8. The van der Waals surface area contributed by atoms with Crippen molar-refractivity contribution in [2.24, 2.45) is 0 Å². The number of aromatic nitrogens is 4. The molecule has 10 rings (SSSR count). The van der Waals surface area contributed by atoms with Gasteiger partial charge < -0.3 is 9.13 Å². The first-order chi connectivity index (χ1) is 23.8. The minimum atomic E-state index is 0.712. The Bertz CT molecular complexity index is 2700. The van der Waals surface area contributed by atoms with Crippen LogP contribution in [0.3, 0.4) is 0 Å². The van der Waals surface area contributed by atoms with Crippen LogP contribution in [0.4, 0.5) is 0 Å². The molecule has 0 radical (unpaired) electrons. The van der Waals surface area contributed by atoms with Crippen molar-refractivity contribution in [2.45, 2.75) is 0 Å². The Labute approximate surface area is 277 Å². The maximum absolute atomic E-state index is 5.14. The minimum Gasteiger partial charge on any atom is -0.316 e. The Kier molecular flexibility index (Phi) is 5.84. The van der Waals surface area contributed by atoms with E-state index in [1.165, 1.54) is 43.5 Å². The molecule has 0 N–H and O–H groups in total. The standard InChI is InChI=1S/C44H28N4/c1-4-12-29(13-5-1)37-28-38(46-44(45-37)31-14-6-2-7-15-31)32-17-10-20-35(26-32)48-39-21-11-16-30-22-23-33-27-40-36(43(48)42(33)41(30)39)24-25-47(40)34-18-8-3-9-19-34/h1-28H. The third-order valence-electron chi connectivity index (χ3n) is 9.49. The van der Waals surface area contributed by atoms with Crippen LogP contribution in [0.1, 0.15) is 0 Å². The van der Waals surface area contributed by atoms with Gasteiger partial charge in [0.1, 0.15) is 0 Å². The Morgan fingerprint density at radius 2 is 1.06 bits per heavy atom. The van der Waals surface area contributed by atoms with E-state index >= 15 is 0 Å². The summed E-state index contributed by atoms with van der Waals surface area (Å²) in [7, 11) is 0. The molecular formula is C44H28N4. The van der Waals surface area contributed by atoms with Gasteiger partial charge in [-0.2, -0.15) is 0 Å². The topological polar surface area (TPSA) is 35.6 Å². The van der Waals surface area contributed by atoms with Crippen molar-refractivity contribution < 1.29 is 0 Å². The van der Waals surface area contributed by atoms with E-state index in [1.807, 2.05) is 24.3 Å². The van der Waals surface area contributed by atoms with Crippen molar-refractivity contribution in [3.05, 3.63) is 170 Å². The van der Waals surface area contributed by atoms with Gasteiger partial charge in [0, 0.05) is 50.4 Å². The lowest BCUT2D eigenvalue weighted by Gasteiger charge is -2.13. The molecule has 0 aliphatic carbocycles. The summed E-state index contributed by atoms with van der Waals surface area (Å²) in [5.41, 5.74) is 10.7. The number of fused-ring (bicyclic) bond motifs is 2. The largest absolute Gasteiger partial charge is 0.316 e. The van der Waals surface area contributed by atoms with Crippen LogP contribution < -0.4 is 0 Å². The maximum atomic E-state index is 5.14. The van der Waals surface area contributed by atoms with E-state index in [0.717, 1.165) is 39.5 Å². The second-order valence-electron chi connectivity index (χ2n) is 12.3. The van der Waals surface area contributed by atoms with Crippen LogP contribution in [-0.2, 0) is 0 Å². The second-order valence-corrected chi connectivity index (χ2v) is 12.3. The summed E-state index contributed by atoms with van der Waals surface area (Å²) >= 11 is 0. The van der Waals surface area contributed by atoms with Gasteiger partial charge in [-0.25, -0.2) is 9.97 Å². The highest BCUT2D eigenvalue weighted by Gasteiger charge is 2.21. The molecule has 0 bridgehead atoms. The molecular weight excluding hydrogens is 585 g/mol. The van der Waals surface area contributed by atoms with Crippen molar-refractivity contribution in [3.63, 3.8) is 0 Å². The summed E-state index contributed by atoms with van der Waals surface area (Å²) in [4.78, 5) is 10.2. The average Bonchev–Trinajstić information content (AvgIpc) is 3.75. The highest BCUT2D eigenvalue weighted by atomic mass is 15.0. The van der Waals surface area contributed by atoms with Gasteiger partial charge in [-0.05, 0) is 59.3 Å². The Morgan fingerprint density at radius 3 is 1.85 bits per heavy atom. The molecule has 0 unspecified atom stereocenters. The van der Waals surface area contributed by atoms with E-state index < -0.39 is 0 Å². The zero-order valence-corrected chi connectivity index (χ0v) is 26.0. The smallest absolute Gasteiger partial charge is 0.160 e. The van der Waals surface area contributed by atoms with E-state index in [0.29, 0.717) is 5.82 Å². The fourth-order valence-electron chi connectivity index (χ4n) is 7.32. The van der Waals surface area contributed by atoms with Crippen molar-refractivity contribution in [1.82, 2.24) is 19.1 Å². The fraction of sp³-hybridized carbons (Fsp3) is 0. The van der Waals surface area contributed by atoms with E-state index in [9.17, 15) is 0 Å². The Hall–Kier alpha value is -6.52. The highest BCUT2D eigenvalue weighted by molar-refractivity contribution is 6.30. The summed E-state index contributed by atoms with van der Waals surface area (Å²) in [5.74, 6) is 0.712. The first-order valence-corrected chi connectivity index (χ1v) is 16.3. The first kappa shape index (κ1) is 26.7. The highest BCUT2D eigenvalue weighted by Crippen LogP contribution is 2.43. The summed E-state index contributed by atoms with van der Waals surface area (Å²) in [6.07, 6.45) is 2.20. The van der Waals surface area contributed by atoms with Crippen LogP contribution >= 0.6 is 0 Å². The molecule has 48 heavy (non-hydrogen) atoms. The molecule has 0 amide bonds. The van der Waals surface area contributed by atoms with Gasteiger partial charge in [-0.1, -0.05) is 115 Å². The third-order valence-corrected chi connectivity index (χ3v) is 9.49. The van der Waals surface area contributed by atoms with Crippen LogP contribution in [0.2, 0.25) is 0 Å². The lowest BCUT2D eigenvalue weighted by Crippen LogP contribution is -1.98. The molecule has 3 heterocycles. The summed E-state index contributed by atoms with van der Waals surface area (Å²) in [6.45, 7) is 0. The number of hydrogen-bond acceptors (Lipinski definition) is 2. The quantitative estimate of drug-likeness (QED) is 0.181. The number of rotatable bonds is 5. The fourth-order valence-corrected chi connectivity index (χ4v) is 7.32. The number of para-hydroxylation sites is 1. The van der Waals surface area contributed by atoms with E-state index in [1.54, 1.807) is 0 Å².